The molecule has 1 aliphatic heterocycles. The molecule has 0 aliphatic carbocycles. The molecule has 0 radical (unpaired) electrons. The predicted octanol–water partition coefficient (Wildman–Crippen LogP) is 3.93. The average molecular weight is 419 g/mol. The minimum absolute atomic E-state index is 0.203. The molecule has 7 heteroatoms. The van der Waals surface area contributed by atoms with Gasteiger partial charge in [-0.25, -0.2) is 9.97 Å². The Morgan fingerprint density at radius 3 is 2.30 bits per heavy atom. The molecule has 30 heavy (non-hydrogen) atoms. The highest BCUT2D eigenvalue weighted by molar-refractivity contribution is 6.30. The van der Waals surface area contributed by atoms with Gasteiger partial charge >= 0.3 is 0 Å². The van der Waals surface area contributed by atoms with Crippen LogP contribution >= 0.6 is 11.6 Å². The molecule has 1 saturated heterocycles. The normalized spacial score (nSPS) is 16.1. The van der Waals surface area contributed by atoms with Gasteiger partial charge in [-0.1, -0.05) is 54.1 Å². The molecule has 1 fully saturated rings. The molecule has 0 amide bonds. The van der Waals surface area contributed by atoms with Crippen LogP contribution in [0.3, 0.4) is 0 Å². The van der Waals surface area contributed by atoms with Crippen molar-refractivity contribution in [3.8, 4) is 0 Å². The summed E-state index contributed by atoms with van der Waals surface area (Å²) in [5.74, 6) is 0.968. The molecule has 0 N–H and O–H groups in total. The summed E-state index contributed by atoms with van der Waals surface area (Å²) in [6.07, 6.45) is 3.49. The van der Waals surface area contributed by atoms with Crippen LogP contribution in [0.25, 0.3) is 11.0 Å². The number of anilines is 1. The van der Waals surface area contributed by atoms with Crippen LogP contribution in [0.15, 0.2) is 67.1 Å². The highest BCUT2D eigenvalue weighted by Gasteiger charge is 2.27. The van der Waals surface area contributed by atoms with Crippen molar-refractivity contribution < 1.29 is 0 Å². The van der Waals surface area contributed by atoms with E-state index in [-0.39, 0.29) is 6.04 Å². The van der Waals surface area contributed by atoms with Crippen LogP contribution in [0.5, 0.6) is 0 Å². The summed E-state index contributed by atoms with van der Waals surface area (Å²) in [7, 11) is 1.91. The van der Waals surface area contributed by atoms with Crippen LogP contribution in [-0.4, -0.2) is 50.8 Å². The van der Waals surface area contributed by atoms with E-state index in [0.29, 0.717) is 0 Å². The lowest BCUT2D eigenvalue weighted by atomic mass is 9.96. The third kappa shape index (κ3) is 3.53. The van der Waals surface area contributed by atoms with Gasteiger partial charge in [0.15, 0.2) is 5.65 Å². The number of hydrogen-bond acceptors (Lipinski definition) is 5. The van der Waals surface area contributed by atoms with Crippen LogP contribution in [0.1, 0.15) is 17.2 Å². The van der Waals surface area contributed by atoms with E-state index in [4.69, 9.17) is 11.6 Å². The molecule has 0 spiro atoms. The van der Waals surface area contributed by atoms with Crippen molar-refractivity contribution in [2.45, 2.75) is 6.04 Å². The van der Waals surface area contributed by atoms with Gasteiger partial charge in [-0.2, -0.15) is 5.10 Å². The van der Waals surface area contributed by atoms with Gasteiger partial charge in [-0.15, -0.1) is 0 Å². The average Bonchev–Trinajstić information content (AvgIpc) is 3.18. The molecule has 2 aromatic carbocycles. The summed E-state index contributed by atoms with van der Waals surface area (Å²) in [6.45, 7) is 3.68. The second-order valence-corrected chi connectivity index (χ2v) is 8.03. The maximum Gasteiger partial charge on any atom is 0.163 e. The SMILES string of the molecule is Cn1ncc2c(N3CCN([C@H](c4ccccc4)c4ccc(Cl)cc4)CC3)ncnc21. The highest BCUT2D eigenvalue weighted by Crippen LogP contribution is 2.31. The maximum absolute atomic E-state index is 6.15. The number of fused-ring (bicyclic) bond motifs is 1. The van der Waals surface area contributed by atoms with Crippen LogP contribution < -0.4 is 4.90 Å². The van der Waals surface area contributed by atoms with Crippen LogP contribution in [0.2, 0.25) is 5.02 Å². The summed E-state index contributed by atoms with van der Waals surface area (Å²) < 4.78 is 1.79. The number of halogens is 1. The Balaban J connectivity index is 1.41. The summed E-state index contributed by atoms with van der Waals surface area (Å²) in [5.41, 5.74) is 3.42. The standard InChI is InChI=1S/C23H23ClN6/c1-28-22-20(15-27-28)23(26-16-25-22)30-13-11-29(12-14-30)21(17-5-3-2-4-6-17)18-7-9-19(24)10-8-18/h2-10,15-16,21H,11-14H2,1H3/t21-/m1/s1. The molecular formula is C23H23ClN6. The fourth-order valence-corrected chi connectivity index (χ4v) is 4.41. The van der Waals surface area contributed by atoms with E-state index in [0.717, 1.165) is 48.1 Å². The number of benzene rings is 2. The van der Waals surface area contributed by atoms with Crippen molar-refractivity contribution in [1.29, 1.82) is 0 Å². The summed E-state index contributed by atoms with van der Waals surface area (Å²) >= 11 is 6.15. The quantitative estimate of drug-likeness (QED) is 0.502. The molecule has 2 aromatic heterocycles. The lowest BCUT2D eigenvalue weighted by Gasteiger charge is -2.40. The fraction of sp³-hybridized carbons (Fsp3) is 0.261. The van der Waals surface area contributed by atoms with Gasteiger partial charge in [0, 0.05) is 38.2 Å². The molecule has 5 rings (SSSR count). The third-order valence-electron chi connectivity index (χ3n) is 5.79. The molecule has 6 nitrogen and oxygen atoms in total. The second-order valence-electron chi connectivity index (χ2n) is 7.59. The highest BCUT2D eigenvalue weighted by atomic mass is 35.5. The third-order valence-corrected chi connectivity index (χ3v) is 6.04. The number of rotatable bonds is 4. The van der Waals surface area contributed by atoms with Gasteiger partial charge in [-0.3, -0.25) is 9.58 Å². The van der Waals surface area contributed by atoms with Gasteiger partial charge in [0.2, 0.25) is 0 Å². The Kier molecular flexibility index (Phi) is 5.11. The van der Waals surface area contributed by atoms with Crippen LogP contribution in [0.4, 0.5) is 5.82 Å². The van der Waals surface area contributed by atoms with Gasteiger partial charge in [0.25, 0.3) is 0 Å². The summed E-state index contributed by atoms with van der Waals surface area (Å²) in [6, 6.07) is 19.1. The first-order valence-electron chi connectivity index (χ1n) is 10.1. The van der Waals surface area contributed by atoms with Crippen molar-refractivity contribution in [3.63, 3.8) is 0 Å². The molecule has 0 unspecified atom stereocenters. The Hall–Kier alpha value is -2.96. The van der Waals surface area contributed by atoms with E-state index in [1.54, 1.807) is 11.0 Å². The van der Waals surface area contributed by atoms with E-state index in [1.165, 1.54) is 11.1 Å². The number of hydrogen-bond donors (Lipinski definition) is 0. The molecule has 152 valence electrons. The molecule has 0 saturated carbocycles. The van der Waals surface area contributed by atoms with Gasteiger partial charge in [0.1, 0.15) is 12.1 Å². The Morgan fingerprint density at radius 1 is 0.867 bits per heavy atom. The Morgan fingerprint density at radius 2 is 1.57 bits per heavy atom. The van der Waals surface area contributed by atoms with Crippen molar-refractivity contribution >= 4 is 28.5 Å². The van der Waals surface area contributed by atoms with Crippen LogP contribution in [0, 0.1) is 0 Å². The summed E-state index contributed by atoms with van der Waals surface area (Å²) in [4.78, 5) is 13.8. The number of nitrogens with zero attached hydrogens (tertiary/aromatic N) is 6. The molecule has 3 heterocycles. The van der Waals surface area contributed by atoms with E-state index < -0.39 is 0 Å². The minimum Gasteiger partial charge on any atom is -0.353 e. The second kappa shape index (κ2) is 8.05. The van der Waals surface area contributed by atoms with Gasteiger partial charge in [-0.05, 0) is 23.3 Å². The number of piperazine rings is 1. The first-order chi connectivity index (χ1) is 14.7. The van der Waals surface area contributed by atoms with E-state index in [2.05, 4.69) is 67.3 Å². The predicted molar refractivity (Wildman–Crippen MR) is 120 cm³/mol. The zero-order chi connectivity index (χ0) is 20.5. The molecule has 4 aromatic rings. The van der Waals surface area contributed by atoms with Gasteiger partial charge < -0.3 is 4.90 Å². The van der Waals surface area contributed by atoms with E-state index in [1.807, 2.05) is 25.4 Å². The van der Waals surface area contributed by atoms with Crippen molar-refractivity contribution in [2.75, 3.05) is 31.1 Å². The van der Waals surface area contributed by atoms with Crippen LogP contribution in [-0.2, 0) is 7.05 Å². The maximum atomic E-state index is 6.15. The van der Waals surface area contributed by atoms with Crippen molar-refractivity contribution in [1.82, 2.24) is 24.6 Å². The molecule has 1 atom stereocenters. The minimum atomic E-state index is 0.203. The molecule has 1 aliphatic rings. The lowest BCUT2D eigenvalue weighted by molar-refractivity contribution is 0.212. The van der Waals surface area contributed by atoms with Crippen molar-refractivity contribution in [2.24, 2.45) is 7.05 Å². The smallest absolute Gasteiger partial charge is 0.163 e. The largest absolute Gasteiger partial charge is 0.353 e. The lowest BCUT2D eigenvalue weighted by Crippen LogP contribution is -2.48. The first-order valence-corrected chi connectivity index (χ1v) is 10.5. The number of aromatic nitrogens is 4. The first kappa shape index (κ1) is 19.0. The van der Waals surface area contributed by atoms with E-state index in [9.17, 15) is 0 Å². The Labute approximate surface area is 180 Å². The number of aryl methyl sites for hydroxylation is 1. The molecule has 0 bridgehead atoms. The zero-order valence-corrected chi connectivity index (χ0v) is 17.6. The van der Waals surface area contributed by atoms with Gasteiger partial charge in [0.05, 0.1) is 17.6 Å². The van der Waals surface area contributed by atoms with Crippen molar-refractivity contribution in [3.05, 3.63) is 83.3 Å². The molecular weight excluding hydrogens is 396 g/mol. The fourth-order valence-electron chi connectivity index (χ4n) is 4.29. The van der Waals surface area contributed by atoms with E-state index >= 15 is 0 Å². The monoisotopic (exact) mass is 418 g/mol. The topological polar surface area (TPSA) is 50.1 Å². The zero-order valence-electron chi connectivity index (χ0n) is 16.8. The Bertz CT molecular complexity index is 1130. The summed E-state index contributed by atoms with van der Waals surface area (Å²) in [5, 5.41) is 6.12.